The number of hydrogen-bond acceptors (Lipinski definition) is 2. The summed E-state index contributed by atoms with van der Waals surface area (Å²) < 4.78 is 5.71. The lowest BCUT2D eigenvalue weighted by atomic mass is 9.78. The van der Waals surface area contributed by atoms with Crippen molar-refractivity contribution in [1.29, 1.82) is 0 Å². The van der Waals surface area contributed by atoms with Crippen molar-refractivity contribution >= 4 is 0 Å². The summed E-state index contributed by atoms with van der Waals surface area (Å²) >= 11 is 0. The monoisotopic (exact) mass is 185 g/mol. The van der Waals surface area contributed by atoms with Gasteiger partial charge in [0.2, 0.25) is 0 Å². The molecule has 0 spiro atoms. The van der Waals surface area contributed by atoms with Crippen molar-refractivity contribution < 1.29 is 4.74 Å². The van der Waals surface area contributed by atoms with E-state index in [1.807, 2.05) is 0 Å². The maximum Gasteiger partial charge on any atom is 0.108 e. The Labute approximate surface area is 82.0 Å². The van der Waals surface area contributed by atoms with E-state index in [9.17, 15) is 0 Å². The van der Waals surface area contributed by atoms with Crippen LogP contribution in [-0.4, -0.2) is 18.9 Å². The number of nitrogens with one attached hydrogen (secondary N) is 1. The Hall–Kier alpha value is -0.0800. The van der Waals surface area contributed by atoms with E-state index in [2.05, 4.69) is 39.9 Å². The van der Waals surface area contributed by atoms with Gasteiger partial charge in [-0.3, -0.25) is 5.32 Å². The zero-order chi connectivity index (χ0) is 10.1. The van der Waals surface area contributed by atoms with Crippen molar-refractivity contribution in [3.8, 4) is 0 Å². The van der Waals surface area contributed by atoms with Gasteiger partial charge in [-0.2, -0.15) is 0 Å². The van der Waals surface area contributed by atoms with E-state index in [-0.39, 0.29) is 11.6 Å². The van der Waals surface area contributed by atoms with Crippen LogP contribution in [-0.2, 0) is 4.74 Å². The van der Waals surface area contributed by atoms with Crippen LogP contribution in [0.2, 0.25) is 0 Å². The van der Waals surface area contributed by atoms with Gasteiger partial charge in [-0.1, -0.05) is 34.6 Å². The summed E-state index contributed by atoms with van der Waals surface area (Å²) in [6.07, 6.45) is 1.32. The fourth-order valence-electron chi connectivity index (χ4n) is 2.21. The second-order valence-corrected chi connectivity index (χ2v) is 5.08. The highest BCUT2D eigenvalue weighted by Gasteiger charge is 2.37. The van der Waals surface area contributed by atoms with Crippen molar-refractivity contribution in [2.75, 3.05) is 6.61 Å². The van der Waals surface area contributed by atoms with Crippen LogP contribution in [0.3, 0.4) is 0 Å². The van der Waals surface area contributed by atoms with Gasteiger partial charge in [0, 0.05) is 11.5 Å². The maximum atomic E-state index is 5.71. The highest BCUT2D eigenvalue weighted by atomic mass is 16.5. The van der Waals surface area contributed by atoms with E-state index >= 15 is 0 Å². The van der Waals surface area contributed by atoms with Crippen molar-refractivity contribution in [3.05, 3.63) is 0 Å². The van der Waals surface area contributed by atoms with Crippen LogP contribution < -0.4 is 5.32 Å². The van der Waals surface area contributed by atoms with Gasteiger partial charge in [0.1, 0.15) is 6.23 Å². The molecule has 78 valence electrons. The summed E-state index contributed by atoms with van der Waals surface area (Å²) in [5.74, 6) is 0.674. The Bertz CT molecular complexity index is 165. The third kappa shape index (κ3) is 2.44. The Kier molecular flexibility index (Phi) is 3.36. The van der Waals surface area contributed by atoms with E-state index in [4.69, 9.17) is 4.74 Å². The van der Waals surface area contributed by atoms with Gasteiger partial charge >= 0.3 is 0 Å². The highest BCUT2D eigenvalue weighted by molar-refractivity contribution is 4.90. The van der Waals surface area contributed by atoms with E-state index in [0.717, 1.165) is 13.0 Å². The van der Waals surface area contributed by atoms with Crippen LogP contribution in [0.1, 0.15) is 41.0 Å². The number of rotatable bonds is 2. The molecule has 0 aliphatic carbocycles. The van der Waals surface area contributed by atoms with E-state index in [1.54, 1.807) is 0 Å². The third-order valence-corrected chi connectivity index (χ3v) is 2.90. The lowest BCUT2D eigenvalue weighted by Gasteiger charge is -2.45. The summed E-state index contributed by atoms with van der Waals surface area (Å²) in [5, 5.41) is 3.57. The second kappa shape index (κ2) is 3.97. The molecule has 1 heterocycles. The summed E-state index contributed by atoms with van der Waals surface area (Å²) in [5.41, 5.74) is 0.264. The summed E-state index contributed by atoms with van der Waals surface area (Å²) in [6.45, 7) is 12.1. The number of ether oxygens (including phenoxy) is 1. The molecule has 2 heteroatoms. The van der Waals surface area contributed by atoms with Crippen LogP contribution in [0.5, 0.6) is 0 Å². The molecule has 0 aromatic heterocycles. The molecule has 2 atom stereocenters. The van der Waals surface area contributed by atoms with Gasteiger partial charge in [-0.05, 0) is 12.3 Å². The largest absolute Gasteiger partial charge is 0.363 e. The standard InChI is InChI=1S/C11H23NO/c1-6-9-12-10(8(2)3)11(4,5)7-13-9/h8-10,12H,6-7H2,1-5H3. The van der Waals surface area contributed by atoms with E-state index in [1.165, 1.54) is 0 Å². The molecule has 0 aromatic carbocycles. The van der Waals surface area contributed by atoms with Crippen LogP contribution in [0, 0.1) is 11.3 Å². The maximum absolute atomic E-state index is 5.71. The van der Waals surface area contributed by atoms with Crippen LogP contribution in [0.4, 0.5) is 0 Å². The van der Waals surface area contributed by atoms with Crippen molar-refractivity contribution in [2.45, 2.75) is 53.3 Å². The smallest absolute Gasteiger partial charge is 0.108 e. The lowest BCUT2D eigenvalue weighted by Crippen LogP contribution is -2.57. The van der Waals surface area contributed by atoms with Crippen molar-refractivity contribution in [1.82, 2.24) is 5.32 Å². The molecule has 0 bridgehead atoms. The Morgan fingerprint density at radius 1 is 1.46 bits per heavy atom. The molecule has 1 rings (SSSR count). The molecule has 0 saturated carbocycles. The van der Waals surface area contributed by atoms with Crippen LogP contribution in [0.15, 0.2) is 0 Å². The molecule has 0 radical (unpaired) electrons. The third-order valence-electron chi connectivity index (χ3n) is 2.90. The summed E-state index contributed by atoms with van der Waals surface area (Å²) in [4.78, 5) is 0. The van der Waals surface area contributed by atoms with Gasteiger partial charge in [-0.15, -0.1) is 0 Å². The molecule has 0 aromatic rings. The molecule has 1 aliphatic heterocycles. The average molecular weight is 185 g/mol. The van der Waals surface area contributed by atoms with Crippen molar-refractivity contribution in [3.63, 3.8) is 0 Å². The first-order valence-corrected chi connectivity index (χ1v) is 5.35. The predicted octanol–water partition coefficient (Wildman–Crippen LogP) is 2.39. The molecule has 2 nitrogen and oxygen atoms in total. The first-order chi connectivity index (χ1) is 5.97. The van der Waals surface area contributed by atoms with Gasteiger partial charge < -0.3 is 4.74 Å². The SMILES string of the molecule is CCC1NC(C(C)C)C(C)(C)CO1. The Morgan fingerprint density at radius 3 is 2.54 bits per heavy atom. The number of hydrogen-bond donors (Lipinski definition) is 1. The van der Waals surface area contributed by atoms with Crippen molar-refractivity contribution in [2.24, 2.45) is 11.3 Å². The Balaban J connectivity index is 2.64. The molecule has 0 amide bonds. The second-order valence-electron chi connectivity index (χ2n) is 5.08. The topological polar surface area (TPSA) is 21.3 Å². The molecule has 2 unspecified atom stereocenters. The van der Waals surface area contributed by atoms with E-state index in [0.29, 0.717) is 12.0 Å². The fourth-order valence-corrected chi connectivity index (χ4v) is 2.21. The van der Waals surface area contributed by atoms with Crippen LogP contribution >= 0.6 is 0 Å². The fraction of sp³-hybridized carbons (Fsp3) is 1.00. The quantitative estimate of drug-likeness (QED) is 0.713. The molecule has 1 N–H and O–H groups in total. The van der Waals surface area contributed by atoms with Gasteiger partial charge in [-0.25, -0.2) is 0 Å². The van der Waals surface area contributed by atoms with E-state index < -0.39 is 0 Å². The normalized spacial score (nSPS) is 33.7. The molecule has 1 fully saturated rings. The van der Waals surface area contributed by atoms with Gasteiger partial charge in [0.25, 0.3) is 0 Å². The molecular formula is C11H23NO. The Morgan fingerprint density at radius 2 is 2.08 bits per heavy atom. The van der Waals surface area contributed by atoms with Gasteiger partial charge in [0.15, 0.2) is 0 Å². The predicted molar refractivity (Wildman–Crippen MR) is 55.6 cm³/mol. The zero-order valence-corrected chi connectivity index (χ0v) is 9.55. The highest BCUT2D eigenvalue weighted by Crippen LogP contribution is 2.30. The van der Waals surface area contributed by atoms with Gasteiger partial charge in [0.05, 0.1) is 6.61 Å². The minimum atomic E-state index is 0.264. The first-order valence-electron chi connectivity index (χ1n) is 5.35. The zero-order valence-electron chi connectivity index (χ0n) is 9.55. The molecule has 1 saturated heterocycles. The average Bonchev–Trinajstić information content (AvgIpc) is 2.03. The summed E-state index contributed by atoms with van der Waals surface area (Å²) in [6, 6.07) is 0.575. The molecule has 1 aliphatic rings. The molecular weight excluding hydrogens is 162 g/mol. The minimum absolute atomic E-state index is 0.264. The first kappa shape index (κ1) is 11.0. The lowest BCUT2D eigenvalue weighted by molar-refractivity contribution is -0.0949. The van der Waals surface area contributed by atoms with Crippen LogP contribution in [0.25, 0.3) is 0 Å². The molecule has 13 heavy (non-hydrogen) atoms. The minimum Gasteiger partial charge on any atom is -0.363 e. The summed E-state index contributed by atoms with van der Waals surface area (Å²) in [7, 11) is 0.